The Bertz CT molecular complexity index is 1360. The van der Waals surface area contributed by atoms with E-state index >= 15 is 0 Å². The van der Waals surface area contributed by atoms with Crippen LogP contribution in [0.15, 0.2) is 101 Å². The molecule has 1 aromatic heterocycles. The minimum atomic E-state index is -1.29. The first-order valence-corrected chi connectivity index (χ1v) is 10.0. The molecule has 2 heterocycles. The minimum absolute atomic E-state index is 0.162. The van der Waals surface area contributed by atoms with Crippen LogP contribution in [0.25, 0.3) is 5.69 Å². The first-order chi connectivity index (χ1) is 15.1. The number of H-pyrrole nitrogens is 1. The number of rotatable bonds is 3. The minimum Gasteiger partial charge on any atom is -0.292 e. The fraction of sp³-hybridized carbons (Fsp3) is 0.0435. The van der Waals surface area contributed by atoms with E-state index in [0.29, 0.717) is 16.8 Å². The molecule has 4 aromatic rings. The maximum absolute atomic E-state index is 13.4. The van der Waals surface area contributed by atoms with Gasteiger partial charge in [0.2, 0.25) is 10.7 Å². The van der Waals surface area contributed by atoms with E-state index < -0.39 is 11.2 Å². The van der Waals surface area contributed by atoms with Crippen molar-refractivity contribution in [2.75, 3.05) is 0 Å². The van der Waals surface area contributed by atoms with Crippen molar-refractivity contribution in [3.05, 3.63) is 117 Å². The smallest absolute Gasteiger partial charge is 0.292 e. The van der Waals surface area contributed by atoms with Crippen molar-refractivity contribution in [3.8, 4) is 5.69 Å². The Labute approximate surface area is 182 Å². The summed E-state index contributed by atoms with van der Waals surface area (Å²) in [6, 6.07) is 27.7. The molecule has 3 aromatic carbocycles. The molecule has 0 saturated heterocycles. The van der Waals surface area contributed by atoms with Crippen LogP contribution in [0, 0.1) is 4.77 Å². The van der Waals surface area contributed by atoms with E-state index in [4.69, 9.17) is 17.2 Å². The van der Waals surface area contributed by atoms with Crippen LogP contribution in [-0.2, 0) is 10.3 Å². The Kier molecular flexibility index (Phi) is 4.48. The van der Waals surface area contributed by atoms with E-state index in [2.05, 4.69) is 10.4 Å². The van der Waals surface area contributed by atoms with E-state index in [0.717, 1.165) is 0 Å². The lowest BCUT2D eigenvalue weighted by molar-refractivity contribution is -0.122. The third-order valence-corrected chi connectivity index (χ3v) is 5.60. The monoisotopic (exact) mass is 427 g/mol. The summed E-state index contributed by atoms with van der Waals surface area (Å²) in [6.45, 7) is 0. The summed E-state index contributed by atoms with van der Waals surface area (Å²) in [7, 11) is 0. The summed E-state index contributed by atoms with van der Waals surface area (Å²) in [5, 5.41) is 5.50. The molecule has 2 N–H and O–H groups in total. The third-order valence-electron chi connectivity index (χ3n) is 5.23. The average molecular weight is 427 g/mol. The number of amides is 1. The molecule has 152 valence electrons. The van der Waals surface area contributed by atoms with Crippen LogP contribution in [0.1, 0.15) is 11.1 Å². The molecule has 0 aliphatic carbocycles. The highest BCUT2D eigenvalue weighted by atomic mass is 32.1. The number of hydrogen-bond donors (Lipinski definition) is 2. The topological polar surface area (TPSA) is 84.2 Å². The largest absolute Gasteiger partial charge is 0.347 e. The Morgan fingerprint density at radius 3 is 1.84 bits per heavy atom. The summed E-state index contributed by atoms with van der Waals surface area (Å²) in [5.41, 5.74) is 0.327. The Morgan fingerprint density at radius 1 is 0.774 bits per heavy atom. The van der Waals surface area contributed by atoms with Gasteiger partial charge in [0, 0.05) is 0 Å². The summed E-state index contributed by atoms with van der Waals surface area (Å²) in [5.74, 6) is -0.162. The fourth-order valence-electron chi connectivity index (χ4n) is 3.78. The molecule has 0 spiro atoms. The molecule has 0 unspecified atom stereocenters. The van der Waals surface area contributed by atoms with Gasteiger partial charge in [0.25, 0.3) is 5.91 Å². The van der Waals surface area contributed by atoms with Crippen LogP contribution in [0.3, 0.4) is 0 Å². The number of carbonyl (C=O) groups is 1. The van der Waals surface area contributed by atoms with Crippen molar-refractivity contribution in [1.29, 1.82) is 0 Å². The van der Waals surface area contributed by atoms with E-state index in [9.17, 15) is 9.59 Å². The number of aliphatic imine (C=N–C) groups is 1. The Hall–Kier alpha value is -4.04. The van der Waals surface area contributed by atoms with Crippen molar-refractivity contribution in [2.45, 2.75) is 5.54 Å². The van der Waals surface area contributed by atoms with Crippen LogP contribution in [0.2, 0.25) is 0 Å². The van der Waals surface area contributed by atoms with Gasteiger partial charge in [-0.05, 0) is 35.5 Å². The van der Waals surface area contributed by atoms with Gasteiger partial charge in [-0.15, -0.1) is 0 Å². The number of benzene rings is 3. The summed E-state index contributed by atoms with van der Waals surface area (Å²) < 4.78 is 2.86. The zero-order valence-corrected chi connectivity index (χ0v) is 17.0. The fourth-order valence-corrected chi connectivity index (χ4v) is 4.10. The highest BCUT2D eigenvalue weighted by Gasteiger charge is 2.47. The van der Waals surface area contributed by atoms with Crippen LogP contribution in [-0.4, -0.2) is 26.2 Å². The van der Waals surface area contributed by atoms with Crippen molar-refractivity contribution < 1.29 is 4.79 Å². The number of nitrogens with zero attached hydrogens (tertiary/aromatic N) is 3. The van der Waals surface area contributed by atoms with Crippen LogP contribution in [0.5, 0.6) is 0 Å². The predicted molar refractivity (Wildman–Crippen MR) is 120 cm³/mol. The van der Waals surface area contributed by atoms with Crippen molar-refractivity contribution in [3.63, 3.8) is 0 Å². The highest BCUT2D eigenvalue weighted by Crippen LogP contribution is 2.37. The highest BCUT2D eigenvalue weighted by molar-refractivity contribution is 7.71. The van der Waals surface area contributed by atoms with Gasteiger partial charge in [0.05, 0.1) is 5.69 Å². The van der Waals surface area contributed by atoms with E-state index in [-0.39, 0.29) is 16.6 Å². The van der Waals surface area contributed by atoms with Gasteiger partial charge in [0.1, 0.15) is 0 Å². The zero-order valence-electron chi connectivity index (χ0n) is 16.2. The molecule has 0 atom stereocenters. The molecule has 1 amide bonds. The predicted octanol–water partition coefficient (Wildman–Crippen LogP) is 2.97. The second-order valence-electron chi connectivity index (χ2n) is 7.04. The lowest BCUT2D eigenvalue weighted by atomic mass is 9.83. The molecule has 5 rings (SSSR count). The van der Waals surface area contributed by atoms with Gasteiger partial charge in [-0.1, -0.05) is 78.9 Å². The first-order valence-electron chi connectivity index (χ1n) is 9.63. The number of aromatic amines is 1. The van der Waals surface area contributed by atoms with Crippen LogP contribution < -0.4 is 11.0 Å². The van der Waals surface area contributed by atoms with Gasteiger partial charge in [-0.2, -0.15) is 4.68 Å². The Morgan fingerprint density at radius 2 is 1.29 bits per heavy atom. The van der Waals surface area contributed by atoms with Crippen molar-refractivity contribution >= 4 is 24.1 Å². The average Bonchev–Trinajstić information content (AvgIpc) is 3.32. The van der Waals surface area contributed by atoms with E-state index in [1.54, 1.807) is 12.1 Å². The van der Waals surface area contributed by atoms with Gasteiger partial charge in [0.15, 0.2) is 5.54 Å². The SMILES string of the molecule is O=C1NC(n2[nH]c(=O)n(-c3ccccc3)c2=S)=NC1(c1ccccc1)c1ccccc1. The molecule has 0 saturated carbocycles. The van der Waals surface area contributed by atoms with Crippen LogP contribution in [0.4, 0.5) is 0 Å². The van der Waals surface area contributed by atoms with Gasteiger partial charge < -0.3 is 0 Å². The normalized spacial score (nSPS) is 14.8. The number of nitrogens with one attached hydrogen (secondary N) is 2. The first kappa shape index (κ1) is 19.0. The van der Waals surface area contributed by atoms with Gasteiger partial charge >= 0.3 is 5.69 Å². The molecule has 7 nitrogen and oxygen atoms in total. The number of aromatic nitrogens is 3. The molecule has 0 bridgehead atoms. The number of hydrogen-bond acceptors (Lipinski definition) is 4. The summed E-state index contributed by atoms with van der Waals surface area (Å²) in [6.07, 6.45) is 0. The van der Waals surface area contributed by atoms with Gasteiger partial charge in [-0.25, -0.2) is 19.5 Å². The van der Waals surface area contributed by atoms with Gasteiger partial charge in [-0.3, -0.25) is 10.1 Å². The maximum atomic E-state index is 13.4. The van der Waals surface area contributed by atoms with Crippen molar-refractivity contribution in [2.24, 2.45) is 4.99 Å². The molecule has 31 heavy (non-hydrogen) atoms. The molecule has 8 heteroatoms. The second-order valence-corrected chi connectivity index (χ2v) is 7.40. The third kappa shape index (κ3) is 2.96. The molecular formula is C23H17N5O2S. The lowest BCUT2D eigenvalue weighted by Crippen LogP contribution is -2.39. The quantitative estimate of drug-likeness (QED) is 0.493. The number of carbonyl (C=O) groups excluding carboxylic acids is 1. The molecule has 1 aliphatic rings. The standard InChI is InChI=1S/C23H17N5O2S/c29-19-23(16-10-4-1-5-11-16,17-12-6-2-7-13-17)25-20(24-19)28-22(31)27(21(30)26-28)18-14-8-3-9-15-18/h1-15H,(H,26,30)(H,24,25,29). The second kappa shape index (κ2) is 7.33. The van der Waals surface area contributed by atoms with Crippen LogP contribution >= 0.6 is 12.2 Å². The van der Waals surface area contributed by atoms with Crippen molar-refractivity contribution in [1.82, 2.24) is 19.7 Å². The Balaban J connectivity index is 1.72. The summed E-state index contributed by atoms with van der Waals surface area (Å²) >= 11 is 5.54. The van der Waals surface area contributed by atoms with E-state index in [1.807, 2.05) is 78.9 Å². The van der Waals surface area contributed by atoms with E-state index in [1.165, 1.54) is 9.25 Å². The molecule has 1 aliphatic heterocycles. The summed E-state index contributed by atoms with van der Waals surface area (Å²) in [4.78, 5) is 30.8. The number of para-hydroxylation sites is 1. The zero-order chi connectivity index (χ0) is 21.4. The maximum Gasteiger partial charge on any atom is 0.347 e. The molecule has 0 radical (unpaired) electrons. The molecule has 0 fully saturated rings. The molecular weight excluding hydrogens is 410 g/mol. The lowest BCUT2D eigenvalue weighted by Gasteiger charge is -2.24.